The minimum absolute atomic E-state index is 0.369. The van der Waals surface area contributed by atoms with Gasteiger partial charge in [0.2, 0.25) is 0 Å². The molecule has 0 unspecified atom stereocenters. The van der Waals surface area contributed by atoms with Gasteiger partial charge in [-0.05, 0) is 31.6 Å². The van der Waals surface area contributed by atoms with E-state index in [0.29, 0.717) is 6.04 Å². The Labute approximate surface area is 65.0 Å². The summed E-state index contributed by atoms with van der Waals surface area (Å²) in [6.07, 6.45) is 2.47. The lowest BCUT2D eigenvalue weighted by molar-refractivity contribution is 0.392. The Hall–Kier alpha value is -0.0400. The minimum atomic E-state index is 0.369. The summed E-state index contributed by atoms with van der Waals surface area (Å²) in [5.41, 5.74) is 5.67. The highest BCUT2D eigenvalue weighted by Gasteiger charge is 2.06. The van der Waals surface area contributed by atoms with Gasteiger partial charge < -0.3 is 5.73 Å². The molecule has 0 aliphatic carbocycles. The van der Waals surface area contributed by atoms with Crippen molar-refractivity contribution in [3.8, 4) is 0 Å². The van der Waals surface area contributed by atoms with Gasteiger partial charge in [0.15, 0.2) is 0 Å². The van der Waals surface area contributed by atoms with Crippen molar-refractivity contribution in [2.45, 2.75) is 46.6 Å². The maximum absolute atomic E-state index is 5.67. The predicted octanol–water partition coefficient (Wildman–Crippen LogP) is 2.41. The monoisotopic (exact) mass is 143 g/mol. The number of hydrogen-bond acceptors (Lipinski definition) is 1. The maximum atomic E-state index is 5.67. The third-order valence-electron chi connectivity index (χ3n) is 1.65. The van der Waals surface area contributed by atoms with Crippen LogP contribution in [0.5, 0.6) is 0 Å². The molecule has 1 nitrogen and oxygen atoms in total. The van der Waals surface area contributed by atoms with Gasteiger partial charge in [-0.2, -0.15) is 0 Å². The molecule has 0 heterocycles. The lowest BCUT2D eigenvalue weighted by Crippen LogP contribution is -2.18. The van der Waals surface area contributed by atoms with E-state index in [1.807, 2.05) is 0 Å². The van der Waals surface area contributed by atoms with Crippen LogP contribution in [0, 0.1) is 11.8 Å². The fourth-order valence-electron chi connectivity index (χ4n) is 1.54. The van der Waals surface area contributed by atoms with E-state index >= 15 is 0 Å². The summed E-state index contributed by atoms with van der Waals surface area (Å²) in [6.45, 7) is 8.88. The van der Waals surface area contributed by atoms with Crippen molar-refractivity contribution in [3.05, 3.63) is 0 Å². The molecule has 2 N–H and O–H groups in total. The summed E-state index contributed by atoms with van der Waals surface area (Å²) in [4.78, 5) is 0. The van der Waals surface area contributed by atoms with Gasteiger partial charge in [0.05, 0.1) is 0 Å². The molecule has 0 saturated heterocycles. The SMILES string of the molecule is CC(C)C[C@H](C)C[C@H](C)N. The van der Waals surface area contributed by atoms with Crippen molar-refractivity contribution in [3.63, 3.8) is 0 Å². The molecule has 1 heteroatoms. The van der Waals surface area contributed by atoms with E-state index in [2.05, 4.69) is 27.7 Å². The van der Waals surface area contributed by atoms with Crippen molar-refractivity contribution in [2.75, 3.05) is 0 Å². The average Bonchev–Trinajstić information content (AvgIpc) is 1.58. The molecule has 0 amide bonds. The smallest absolute Gasteiger partial charge is 0.00130 e. The minimum Gasteiger partial charge on any atom is -0.328 e. The van der Waals surface area contributed by atoms with E-state index in [0.717, 1.165) is 18.3 Å². The molecule has 2 atom stereocenters. The topological polar surface area (TPSA) is 26.0 Å². The fraction of sp³-hybridized carbons (Fsp3) is 1.00. The first kappa shape index (κ1) is 9.96. The van der Waals surface area contributed by atoms with Crippen LogP contribution in [0.2, 0.25) is 0 Å². The highest BCUT2D eigenvalue weighted by Crippen LogP contribution is 2.15. The van der Waals surface area contributed by atoms with Crippen LogP contribution in [-0.2, 0) is 0 Å². The highest BCUT2D eigenvalue weighted by molar-refractivity contribution is 4.61. The van der Waals surface area contributed by atoms with Gasteiger partial charge in [-0.25, -0.2) is 0 Å². The molecule has 0 bridgehead atoms. The molecule has 0 aliphatic heterocycles. The van der Waals surface area contributed by atoms with E-state index in [1.165, 1.54) is 6.42 Å². The van der Waals surface area contributed by atoms with Crippen molar-refractivity contribution in [1.29, 1.82) is 0 Å². The van der Waals surface area contributed by atoms with Gasteiger partial charge in [-0.1, -0.05) is 20.8 Å². The predicted molar refractivity (Wildman–Crippen MR) is 46.9 cm³/mol. The molecular formula is C9H21N. The van der Waals surface area contributed by atoms with E-state index in [9.17, 15) is 0 Å². The molecule has 0 aromatic rings. The van der Waals surface area contributed by atoms with Gasteiger partial charge in [0.25, 0.3) is 0 Å². The first-order valence-corrected chi connectivity index (χ1v) is 4.28. The second kappa shape index (κ2) is 4.73. The van der Waals surface area contributed by atoms with E-state index < -0.39 is 0 Å². The van der Waals surface area contributed by atoms with E-state index in [-0.39, 0.29) is 0 Å². The molecule has 0 radical (unpaired) electrons. The zero-order chi connectivity index (χ0) is 8.15. The zero-order valence-electron chi connectivity index (χ0n) is 7.72. The fourth-order valence-corrected chi connectivity index (χ4v) is 1.54. The summed E-state index contributed by atoms with van der Waals surface area (Å²) >= 11 is 0. The van der Waals surface area contributed by atoms with Crippen LogP contribution in [0.3, 0.4) is 0 Å². The van der Waals surface area contributed by atoms with Crippen LogP contribution in [-0.4, -0.2) is 6.04 Å². The summed E-state index contributed by atoms with van der Waals surface area (Å²) in [6, 6.07) is 0.369. The third kappa shape index (κ3) is 6.09. The molecule has 0 aromatic heterocycles. The molecular weight excluding hydrogens is 122 g/mol. The van der Waals surface area contributed by atoms with Gasteiger partial charge in [0.1, 0.15) is 0 Å². The summed E-state index contributed by atoms with van der Waals surface area (Å²) in [5, 5.41) is 0. The lowest BCUT2D eigenvalue weighted by Gasteiger charge is -2.15. The van der Waals surface area contributed by atoms with Crippen molar-refractivity contribution in [1.82, 2.24) is 0 Å². The van der Waals surface area contributed by atoms with Crippen molar-refractivity contribution >= 4 is 0 Å². The molecule has 0 aliphatic rings. The Morgan fingerprint density at radius 2 is 1.50 bits per heavy atom. The molecule has 0 spiro atoms. The highest BCUT2D eigenvalue weighted by atomic mass is 14.6. The average molecular weight is 143 g/mol. The van der Waals surface area contributed by atoms with Crippen LogP contribution in [0.4, 0.5) is 0 Å². The Bertz CT molecular complexity index is 66.8. The van der Waals surface area contributed by atoms with Gasteiger partial charge in [-0.15, -0.1) is 0 Å². The first-order valence-electron chi connectivity index (χ1n) is 4.28. The zero-order valence-corrected chi connectivity index (χ0v) is 7.72. The lowest BCUT2D eigenvalue weighted by atomic mass is 9.94. The molecule has 0 saturated carbocycles. The quantitative estimate of drug-likeness (QED) is 0.642. The second-order valence-electron chi connectivity index (χ2n) is 3.95. The maximum Gasteiger partial charge on any atom is 0.00130 e. The molecule has 10 heavy (non-hydrogen) atoms. The van der Waals surface area contributed by atoms with Crippen molar-refractivity contribution in [2.24, 2.45) is 17.6 Å². The van der Waals surface area contributed by atoms with Crippen LogP contribution < -0.4 is 5.73 Å². The Balaban J connectivity index is 3.34. The molecule has 62 valence electrons. The Morgan fingerprint density at radius 3 is 1.80 bits per heavy atom. The van der Waals surface area contributed by atoms with Gasteiger partial charge in [0, 0.05) is 6.04 Å². The van der Waals surface area contributed by atoms with E-state index in [1.54, 1.807) is 0 Å². The van der Waals surface area contributed by atoms with Crippen LogP contribution in [0.15, 0.2) is 0 Å². The molecule has 0 aromatic carbocycles. The van der Waals surface area contributed by atoms with Gasteiger partial charge in [-0.3, -0.25) is 0 Å². The standard InChI is InChI=1S/C9H21N/c1-7(2)5-8(3)6-9(4)10/h7-9H,5-6,10H2,1-4H3/t8-,9-/m0/s1. The largest absolute Gasteiger partial charge is 0.328 e. The van der Waals surface area contributed by atoms with Crippen molar-refractivity contribution < 1.29 is 0 Å². The van der Waals surface area contributed by atoms with Crippen LogP contribution in [0.25, 0.3) is 0 Å². The summed E-state index contributed by atoms with van der Waals surface area (Å²) < 4.78 is 0. The van der Waals surface area contributed by atoms with Crippen LogP contribution >= 0.6 is 0 Å². The summed E-state index contributed by atoms with van der Waals surface area (Å²) in [5.74, 6) is 1.61. The molecule has 0 rings (SSSR count). The van der Waals surface area contributed by atoms with Crippen LogP contribution in [0.1, 0.15) is 40.5 Å². The normalized spacial score (nSPS) is 17.4. The number of hydrogen-bond donors (Lipinski definition) is 1. The molecule has 0 fully saturated rings. The second-order valence-corrected chi connectivity index (χ2v) is 3.95. The first-order chi connectivity index (χ1) is 4.52. The summed E-state index contributed by atoms with van der Waals surface area (Å²) in [7, 11) is 0. The Kier molecular flexibility index (Phi) is 4.71. The van der Waals surface area contributed by atoms with E-state index in [4.69, 9.17) is 5.73 Å². The van der Waals surface area contributed by atoms with Gasteiger partial charge >= 0.3 is 0 Å². The Morgan fingerprint density at radius 1 is 1.00 bits per heavy atom. The number of nitrogens with two attached hydrogens (primary N) is 1. The third-order valence-corrected chi connectivity index (χ3v) is 1.65. The number of rotatable bonds is 4.